The third-order valence-corrected chi connectivity index (χ3v) is 7.27. The van der Waals surface area contributed by atoms with Crippen LogP contribution in [0.25, 0.3) is 0 Å². The molecule has 1 aromatic heterocycles. The third-order valence-electron chi connectivity index (χ3n) is 7.27. The highest BCUT2D eigenvalue weighted by Gasteiger charge is 2.34. The lowest BCUT2D eigenvalue weighted by Gasteiger charge is -2.31. The van der Waals surface area contributed by atoms with Crippen molar-refractivity contribution in [3.05, 3.63) is 82.6 Å². The molecule has 3 heterocycles. The van der Waals surface area contributed by atoms with Gasteiger partial charge in [0.2, 0.25) is 0 Å². The summed E-state index contributed by atoms with van der Waals surface area (Å²) < 4.78 is 38.8. The van der Waals surface area contributed by atoms with Gasteiger partial charge in [-0.05, 0) is 63.9 Å². The van der Waals surface area contributed by atoms with Crippen molar-refractivity contribution in [1.82, 2.24) is 20.0 Å². The number of nitrogens with one attached hydrogen (secondary N) is 1. The van der Waals surface area contributed by atoms with E-state index < -0.39 is 12.7 Å². The maximum atomic E-state index is 13.3. The number of amides is 1. The Kier molecular flexibility index (Phi) is 14.3. The first-order valence-electron chi connectivity index (χ1n) is 15.3. The Hall–Kier alpha value is -3.95. The molecule has 10 heteroatoms. The molecular formula is C34H47F3N6O. The van der Waals surface area contributed by atoms with Crippen LogP contribution in [-0.2, 0) is 11.3 Å². The quantitative estimate of drug-likeness (QED) is 0.305. The second-order valence-electron chi connectivity index (χ2n) is 10.5. The van der Waals surface area contributed by atoms with Gasteiger partial charge in [-0.1, -0.05) is 51.5 Å². The van der Waals surface area contributed by atoms with Crippen LogP contribution in [0.15, 0.2) is 81.5 Å². The predicted octanol–water partition coefficient (Wildman–Crippen LogP) is 8.31. The number of para-hydroxylation sites is 1. The number of nitrogens with zero attached hydrogens (tertiary/aromatic N) is 5. The lowest BCUT2D eigenvalue weighted by atomic mass is 9.89. The average molecular weight is 613 g/mol. The Morgan fingerprint density at radius 2 is 1.89 bits per heavy atom. The lowest BCUT2D eigenvalue weighted by molar-refractivity contribution is -0.142. The van der Waals surface area contributed by atoms with Gasteiger partial charge in [0, 0.05) is 60.9 Å². The van der Waals surface area contributed by atoms with Crippen LogP contribution in [0.4, 0.5) is 18.9 Å². The lowest BCUT2D eigenvalue weighted by Crippen LogP contribution is -2.40. The molecule has 1 unspecified atom stereocenters. The van der Waals surface area contributed by atoms with Crippen molar-refractivity contribution in [2.75, 3.05) is 13.1 Å². The minimum Gasteiger partial charge on any atom is -0.365 e. The van der Waals surface area contributed by atoms with Crippen molar-refractivity contribution in [3.8, 4) is 0 Å². The molecule has 2 aromatic rings. The Bertz CT molecular complexity index is 1400. The van der Waals surface area contributed by atoms with Crippen molar-refractivity contribution in [2.24, 2.45) is 15.9 Å². The number of aryl methyl sites for hydroxylation is 1. The summed E-state index contributed by atoms with van der Waals surface area (Å²) in [5.74, 6) is -0.332. The second-order valence-corrected chi connectivity index (χ2v) is 10.5. The SMILES string of the molecule is CC.CC=Nc1ccccc1C.CCC(C)=CNC1=C(C)CN(C(=O)C2=CN=C(c3cnn(CC(F)(F)F)c3)C2CC)CC1. The van der Waals surface area contributed by atoms with Crippen molar-refractivity contribution in [1.29, 1.82) is 0 Å². The largest absolute Gasteiger partial charge is 0.408 e. The van der Waals surface area contributed by atoms with Gasteiger partial charge in [0.15, 0.2) is 0 Å². The van der Waals surface area contributed by atoms with Gasteiger partial charge in [-0.2, -0.15) is 18.3 Å². The molecule has 0 aliphatic carbocycles. The van der Waals surface area contributed by atoms with E-state index in [4.69, 9.17) is 0 Å². The first-order valence-corrected chi connectivity index (χ1v) is 15.3. The zero-order valence-corrected chi connectivity index (χ0v) is 27.3. The van der Waals surface area contributed by atoms with Crippen molar-refractivity contribution in [2.45, 2.75) is 87.4 Å². The number of hydrogen-bond donors (Lipinski definition) is 1. The summed E-state index contributed by atoms with van der Waals surface area (Å²) in [4.78, 5) is 23.7. The molecule has 0 saturated heterocycles. The van der Waals surface area contributed by atoms with Gasteiger partial charge in [0.25, 0.3) is 5.91 Å². The molecule has 2 aliphatic rings. The molecule has 1 atom stereocenters. The summed E-state index contributed by atoms with van der Waals surface area (Å²) in [6.07, 6.45) is 6.11. The Morgan fingerprint density at radius 1 is 1.18 bits per heavy atom. The highest BCUT2D eigenvalue weighted by molar-refractivity contribution is 6.12. The molecule has 44 heavy (non-hydrogen) atoms. The molecule has 2 aliphatic heterocycles. The third kappa shape index (κ3) is 10.3. The van der Waals surface area contributed by atoms with E-state index in [2.05, 4.69) is 47.2 Å². The molecule has 0 fully saturated rings. The zero-order chi connectivity index (χ0) is 32.9. The minimum absolute atomic E-state index is 0.0723. The van der Waals surface area contributed by atoms with E-state index in [1.165, 1.54) is 23.5 Å². The van der Waals surface area contributed by atoms with E-state index in [0.29, 0.717) is 36.4 Å². The van der Waals surface area contributed by atoms with Gasteiger partial charge in [-0.25, -0.2) is 0 Å². The molecule has 1 N–H and O–H groups in total. The molecule has 0 radical (unpaired) electrons. The first kappa shape index (κ1) is 36.2. The van der Waals surface area contributed by atoms with E-state index in [1.54, 1.807) is 6.20 Å². The van der Waals surface area contributed by atoms with E-state index in [-0.39, 0.29) is 11.8 Å². The number of halogens is 3. The molecule has 1 aromatic carbocycles. The zero-order valence-electron chi connectivity index (χ0n) is 27.3. The number of allylic oxidation sites excluding steroid dienone is 1. The number of carbonyl (C=O) groups excluding carboxylic acids is 1. The summed E-state index contributed by atoms with van der Waals surface area (Å²) in [5.41, 5.74) is 7.49. The van der Waals surface area contributed by atoms with E-state index in [9.17, 15) is 18.0 Å². The smallest absolute Gasteiger partial charge is 0.365 e. The molecule has 1 amide bonds. The van der Waals surface area contributed by atoms with Crippen LogP contribution in [-0.4, -0.2) is 51.8 Å². The summed E-state index contributed by atoms with van der Waals surface area (Å²) in [6.45, 7) is 16.1. The normalized spacial score (nSPS) is 17.0. The number of carbonyl (C=O) groups is 1. The van der Waals surface area contributed by atoms with E-state index in [1.807, 2.05) is 70.1 Å². The number of alkyl halides is 3. The Labute approximate surface area is 260 Å². The molecule has 0 saturated carbocycles. The van der Waals surface area contributed by atoms with Crippen LogP contribution >= 0.6 is 0 Å². The van der Waals surface area contributed by atoms with Crippen LogP contribution in [0.3, 0.4) is 0 Å². The maximum Gasteiger partial charge on any atom is 0.408 e. The fourth-order valence-electron chi connectivity index (χ4n) is 4.76. The monoisotopic (exact) mass is 612 g/mol. The van der Waals surface area contributed by atoms with Crippen molar-refractivity contribution in [3.63, 3.8) is 0 Å². The summed E-state index contributed by atoms with van der Waals surface area (Å²) in [7, 11) is 0. The summed E-state index contributed by atoms with van der Waals surface area (Å²) >= 11 is 0. The number of benzene rings is 1. The van der Waals surface area contributed by atoms with Gasteiger partial charge in [-0.15, -0.1) is 0 Å². The van der Waals surface area contributed by atoms with Gasteiger partial charge >= 0.3 is 6.18 Å². The van der Waals surface area contributed by atoms with Crippen LogP contribution in [0.2, 0.25) is 0 Å². The van der Waals surface area contributed by atoms with Gasteiger partial charge in [0.1, 0.15) is 6.54 Å². The molecule has 4 rings (SSSR count). The van der Waals surface area contributed by atoms with Crippen molar-refractivity contribution < 1.29 is 18.0 Å². The summed E-state index contributed by atoms with van der Waals surface area (Å²) in [6, 6.07) is 8.08. The highest BCUT2D eigenvalue weighted by atomic mass is 19.4. The fourth-order valence-corrected chi connectivity index (χ4v) is 4.76. The summed E-state index contributed by atoms with van der Waals surface area (Å²) in [5, 5.41) is 7.18. The Morgan fingerprint density at radius 3 is 2.48 bits per heavy atom. The average Bonchev–Trinajstić information content (AvgIpc) is 3.64. The molecule has 240 valence electrons. The highest BCUT2D eigenvalue weighted by Crippen LogP contribution is 2.30. The fraction of sp³-hybridized carbons (Fsp3) is 0.471. The number of aliphatic imine (C=N–C) groups is 2. The van der Waals surface area contributed by atoms with Gasteiger partial charge in [0.05, 0.1) is 17.6 Å². The first-order chi connectivity index (χ1) is 21.0. The number of aromatic nitrogens is 2. The van der Waals surface area contributed by atoms with Gasteiger partial charge in [-0.3, -0.25) is 19.5 Å². The number of rotatable bonds is 8. The maximum absolute atomic E-state index is 13.3. The topological polar surface area (TPSA) is 74.9 Å². The van der Waals surface area contributed by atoms with Crippen LogP contribution in [0.1, 0.15) is 78.9 Å². The minimum atomic E-state index is -4.34. The van der Waals surface area contributed by atoms with E-state index in [0.717, 1.165) is 34.5 Å². The molecule has 0 spiro atoms. The molecule has 0 bridgehead atoms. The van der Waals surface area contributed by atoms with Crippen LogP contribution < -0.4 is 5.32 Å². The van der Waals surface area contributed by atoms with Crippen molar-refractivity contribution >= 4 is 23.5 Å². The van der Waals surface area contributed by atoms with Gasteiger partial charge < -0.3 is 10.2 Å². The standard InChI is InChI=1S/C23H30F3N5O.C9H11N.C2H6/c1-5-15(3)9-27-20-7-8-30(12-16(20)4)22(32)19-11-28-21(18(19)6-2)17-10-29-31(13-17)14-23(24,25)26;1-3-10-9-7-5-4-6-8(9)2;1-2/h9-11,13,18,27H,5-8,12,14H2,1-4H3;3-7H,1-2H3;1-2H3. The second kappa shape index (κ2) is 17.4. The van der Waals surface area contributed by atoms with E-state index >= 15 is 0 Å². The number of hydrogen-bond acceptors (Lipinski definition) is 5. The van der Waals surface area contributed by atoms with Crippen LogP contribution in [0.5, 0.6) is 0 Å². The van der Waals surface area contributed by atoms with Crippen LogP contribution in [0, 0.1) is 12.8 Å². The Balaban J connectivity index is 0.000000473. The molecular weight excluding hydrogens is 565 g/mol. The molecule has 7 nitrogen and oxygen atoms in total. The predicted molar refractivity (Wildman–Crippen MR) is 174 cm³/mol.